The van der Waals surface area contributed by atoms with Crippen molar-refractivity contribution in [2.75, 3.05) is 19.7 Å². The molecule has 0 spiro atoms. The summed E-state index contributed by atoms with van der Waals surface area (Å²) >= 11 is 0. The summed E-state index contributed by atoms with van der Waals surface area (Å²) in [5.74, 6) is -0.816. The number of hydrogen-bond donors (Lipinski definition) is 1. The number of ether oxygens (including phenoxy) is 1. The highest BCUT2D eigenvalue weighted by Crippen LogP contribution is 2.16. The van der Waals surface area contributed by atoms with E-state index in [1.165, 1.54) is 24.7 Å². The highest BCUT2D eigenvalue weighted by Gasteiger charge is 2.25. The van der Waals surface area contributed by atoms with Crippen LogP contribution in [0, 0.1) is 5.82 Å². The number of piperidine rings is 1. The molecule has 1 fully saturated rings. The standard InChI is InChI=1S/C18H19FN2O4/c19-15-3-1-2-4-16(15)25-12-17(22)20-14-5-8-21(9-6-14)18(23)13-7-10-24-11-13/h1-4,7,10-11,14H,5-6,8-9,12H2,(H,20,22). The molecule has 25 heavy (non-hydrogen) atoms. The highest BCUT2D eigenvalue weighted by molar-refractivity contribution is 5.93. The Bertz CT molecular complexity index is 724. The molecular formula is C18H19FN2O4. The molecule has 0 bridgehead atoms. The van der Waals surface area contributed by atoms with Crippen LogP contribution in [0.3, 0.4) is 0 Å². The van der Waals surface area contributed by atoms with Gasteiger partial charge in [0, 0.05) is 19.1 Å². The number of nitrogens with zero attached hydrogens (tertiary/aromatic N) is 1. The van der Waals surface area contributed by atoms with Crippen molar-refractivity contribution in [2.24, 2.45) is 0 Å². The molecule has 2 aromatic rings. The number of nitrogens with one attached hydrogen (secondary N) is 1. The van der Waals surface area contributed by atoms with Gasteiger partial charge in [-0.2, -0.15) is 0 Å². The van der Waals surface area contributed by atoms with Gasteiger partial charge in [-0.25, -0.2) is 4.39 Å². The average molecular weight is 346 g/mol. The number of hydrogen-bond acceptors (Lipinski definition) is 4. The van der Waals surface area contributed by atoms with Crippen molar-refractivity contribution < 1.29 is 23.1 Å². The zero-order chi connectivity index (χ0) is 17.6. The van der Waals surface area contributed by atoms with Crippen molar-refractivity contribution >= 4 is 11.8 Å². The number of likely N-dealkylation sites (tertiary alicyclic amines) is 1. The quantitative estimate of drug-likeness (QED) is 0.901. The van der Waals surface area contributed by atoms with E-state index in [-0.39, 0.29) is 30.2 Å². The molecule has 7 heteroatoms. The topological polar surface area (TPSA) is 71.8 Å². The summed E-state index contributed by atoms with van der Waals surface area (Å²) in [6.07, 6.45) is 4.22. The lowest BCUT2D eigenvalue weighted by molar-refractivity contribution is -0.124. The van der Waals surface area contributed by atoms with E-state index in [1.807, 2.05) is 0 Å². The van der Waals surface area contributed by atoms with E-state index in [4.69, 9.17) is 9.15 Å². The molecule has 132 valence electrons. The molecule has 6 nitrogen and oxygen atoms in total. The van der Waals surface area contributed by atoms with Crippen LogP contribution in [0.15, 0.2) is 47.3 Å². The number of benzene rings is 1. The highest BCUT2D eigenvalue weighted by atomic mass is 19.1. The van der Waals surface area contributed by atoms with E-state index in [2.05, 4.69) is 5.32 Å². The average Bonchev–Trinajstić information content (AvgIpc) is 3.16. The van der Waals surface area contributed by atoms with Crippen molar-refractivity contribution in [3.05, 3.63) is 54.2 Å². The third-order valence-corrected chi connectivity index (χ3v) is 4.11. The largest absolute Gasteiger partial charge is 0.481 e. The zero-order valence-electron chi connectivity index (χ0n) is 13.6. The van der Waals surface area contributed by atoms with Crippen LogP contribution in [-0.4, -0.2) is 42.5 Å². The van der Waals surface area contributed by atoms with Crippen molar-refractivity contribution in [1.29, 1.82) is 0 Å². The van der Waals surface area contributed by atoms with E-state index in [0.717, 1.165) is 0 Å². The normalized spacial score (nSPS) is 15.0. The van der Waals surface area contributed by atoms with Crippen molar-refractivity contribution in [1.82, 2.24) is 10.2 Å². The molecule has 0 atom stereocenters. The number of furan rings is 1. The lowest BCUT2D eigenvalue weighted by Gasteiger charge is -2.32. The van der Waals surface area contributed by atoms with E-state index < -0.39 is 5.82 Å². The predicted octanol–water partition coefficient (Wildman–Crippen LogP) is 2.22. The third-order valence-electron chi connectivity index (χ3n) is 4.11. The fourth-order valence-electron chi connectivity index (χ4n) is 2.77. The van der Waals surface area contributed by atoms with E-state index in [1.54, 1.807) is 23.1 Å². The van der Waals surface area contributed by atoms with Gasteiger partial charge in [-0.3, -0.25) is 9.59 Å². The number of carbonyl (C=O) groups is 2. The summed E-state index contributed by atoms with van der Waals surface area (Å²) in [5, 5.41) is 2.86. The lowest BCUT2D eigenvalue weighted by atomic mass is 10.0. The summed E-state index contributed by atoms with van der Waals surface area (Å²) in [7, 11) is 0. The van der Waals surface area contributed by atoms with Crippen LogP contribution in [0.25, 0.3) is 0 Å². The summed E-state index contributed by atoms with van der Waals surface area (Å²) in [5.41, 5.74) is 0.528. The molecule has 0 aliphatic carbocycles. The molecule has 3 rings (SSSR count). The molecular weight excluding hydrogens is 327 g/mol. The SMILES string of the molecule is O=C(COc1ccccc1F)NC1CCN(C(=O)c2ccoc2)CC1. The van der Waals surface area contributed by atoms with Crippen molar-refractivity contribution in [3.8, 4) is 5.75 Å². The molecule has 0 saturated carbocycles. The first-order chi connectivity index (χ1) is 12.1. The van der Waals surface area contributed by atoms with Gasteiger partial charge < -0.3 is 19.4 Å². The van der Waals surface area contributed by atoms with Crippen LogP contribution in [0.2, 0.25) is 0 Å². The first-order valence-corrected chi connectivity index (χ1v) is 8.11. The summed E-state index contributed by atoms with van der Waals surface area (Å²) in [4.78, 5) is 25.9. The van der Waals surface area contributed by atoms with Gasteiger partial charge in [0.2, 0.25) is 0 Å². The van der Waals surface area contributed by atoms with Gasteiger partial charge >= 0.3 is 0 Å². The zero-order valence-corrected chi connectivity index (χ0v) is 13.6. The molecule has 1 N–H and O–H groups in total. The third kappa shape index (κ3) is 4.37. The van der Waals surface area contributed by atoms with Gasteiger partial charge in [0.15, 0.2) is 18.2 Å². The van der Waals surface area contributed by atoms with E-state index in [9.17, 15) is 14.0 Å². The van der Waals surface area contributed by atoms with Crippen LogP contribution in [0.4, 0.5) is 4.39 Å². The first kappa shape index (κ1) is 17.0. The second-order valence-corrected chi connectivity index (χ2v) is 5.87. The molecule has 1 aliphatic heterocycles. The Balaban J connectivity index is 1.42. The Labute approximate surface area is 144 Å². The molecule has 1 aromatic carbocycles. The number of amides is 2. The lowest BCUT2D eigenvalue weighted by Crippen LogP contribution is -2.47. The molecule has 1 saturated heterocycles. The van der Waals surface area contributed by atoms with Crippen molar-refractivity contribution in [3.63, 3.8) is 0 Å². The Hall–Kier alpha value is -2.83. The van der Waals surface area contributed by atoms with Crippen LogP contribution in [0.1, 0.15) is 23.2 Å². The minimum Gasteiger partial charge on any atom is -0.481 e. The van der Waals surface area contributed by atoms with Gasteiger partial charge in [-0.1, -0.05) is 12.1 Å². The summed E-state index contributed by atoms with van der Waals surface area (Å²) in [6.45, 7) is 0.876. The van der Waals surface area contributed by atoms with Gasteiger partial charge in [-0.15, -0.1) is 0 Å². The second kappa shape index (κ2) is 7.83. The van der Waals surface area contributed by atoms with E-state index >= 15 is 0 Å². The van der Waals surface area contributed by atoms with E-state index in [0.29, 0.717) is 31.5 Å². The molecule has 2 heterocycles. The fraction of sp³-hybridized carbons (Fsp3) is 0.333. The number of carbonyl (C=O) groups excluding carboxylic acids is 2. The number of rotatable bonds is 5. The Morgan fingerprint density at radius 2 is 2.00 bits per heavy atom. The first-order valence-electron chi connectivity index (χ1n) is 8.11. The van der Waals surface area contributed by atoms with Gasteiger partial charge in [0.1, 0.15) is 6.26 Å². The maximum atomic E-state index is 13.4. The Morgan fingerprint density at radius 1 is 1.24 bits per heavy atom. The fourth-order valence-corrected chi connectivity index (χ4v) is 2.77. The second-order valence-electron chi connectivity index (χ2n) is 5.87. The van der Waals surface area contributed by atoms with Crippen LogP contribution < -0.4 is 10.1 Å². The summed E-state index contributed by atoms with van der Waals surface area (Å²) in [6, 6.07) is 7.56. The molecule has 1 aliphatic rings. The maximum Gasteiger partial charge on any atom is 0.258 e. The van der Waals surface area contributed by atoms with Crippen LogP contribution in [-0.2, 0) is 4.79 Å². The minimum atomic E-state index is -0.499. The number of halogens is 1. The predicted molar refractivity (Wildman–Crippen MR) is 87.7 cm³/mol. The van der Waals surface area contributed by atoms with Gasteiger partial charge in [-0.05, 0) is 31.0 Å². The van der Waals surface area contributed by atoms with Gasteiger partial charge in [0.05, 0.1) is 11.8 Å². The number of para-hydroxylation sites is 1. The molecule has 0 unspecified atom stereocenters. The summed E-state index contributed by atoms with van der Waals surface area (Å²) < 4.78 is 23.5. The van der Waals surface area contributed by atoms with Gasteiger partial charge in [0.25, 0.3) is 11.8 Å². The minimum absolute atomic E-state index is 0.0230. The van der Waals surface area contributed by atoms with Crippen molar-refractivity contribution in [2.45, 2.75) is 18.9 Å². The molecule has 0 radical (unpaired) electrons. The molecule has 2 amide bonds. The smallest absolute Gasteiger partial charge is 0.258 e. The molecule has 1 aromatic heterocycles. The Kier molecular flexibility index (Phi) is 5.33. The van der Waals surface area contributed by atoms with Crippen LogP contribution >= 0.6 is 0 Å². The maximum absolute atomic E-state index is 13.4. The van der Waals surface area contributed by atoms with Crippen LogP contribution in [0.5, 0.6) is 5.75 Å². The monoisotopic (exact) mass is 346 g/mol. The Morgan fingerprint density at radius 3 is 2.68 bits per heavy atom.